The van der Waals surface area contributed by atoms with Gasteiger partial charge in [-0.3, -0.25) is 9.59 Å². The third kappa shape index (κ3) is 7.38. The molecule has 0 saturated carbocycles. The molecule has 4 aromatic rings. The van der Waals surface area contributed by atoms with Gasteiger partial charge in [0.1, 0.15) is 6.54 Å². The Labute approximate surface area is 232 Å². The molecule has 5 nitrogen and oxygen atoms in total. The molecule has 0 aliphatic heterocycles. The van der Waals surface area contributed by atoms with Gasteiger partial charge in [0, 0.05) is 41.8 Å². The molecule has 204 valence electrons. The fourth-order valence-electron chi connectivity index (χ4n) is 4.89. The number of nitrogens with zero attached hydrogens (tertiary/aromatic N) is 2. The highest BCUT2D eigenvalue weighted by molar-refractivity contribution is 5.96. The number of nitrogens with one attached hydrogen (secondary N) is 1. The molecular weight excluding hydrogens is 482 g/mol. The van der Waals surface area contributed by atoms with Gasteiger partial charge in [-0.25, -0.2) is 0 Å². The summed E-state index contributed by atoms with van der Waals surface area (Å²) in [5.41, 5.74) is 6.42. The van der Waals surface area contributed by atoms with Crippen molar-refractivity contribution < 1.29 is 9.59 Å². The minimum atomic E-state index is -0.104. The van der Waals surface area contributed by atoms with E-state index in [1.807, 2.05) is 61.3 Å². The third-order valence-electron chi connectivity index (χ3n) is 7.38. The summed E-state index contributed by atoms with van der Waals surface area (Å²) in [7, 11) is 0. The molecule has 4 rings (SSSR count). The molecule has 1 aromatic heterocycles. The van der Waals surface area contributed by atoms with Gasteiger partial charge >= 0.3 is 0 Å². The second-order valence-corrected chi connectivity index (χ2v) is 10.7. The average molecular weight is 524 g/mol. The van der Waals surface area contributed by atoms with E-state index in [9.17, 15) is 9.59 Å². The van der Waals surface area contributed by atoms with Gasteiger partial charge < -0.3 is 14.8 Å². The number of H-pyrrole nitrogens is 1. The Bertz CT molecular complexity index is 1370. The Kier molecular flexibility index (Phi) is 9.59. The summed E-state index contributed by atoms with van der Waals surface area (Å²) in [6.45, 7) is 9.31. The van der Waals surface area contributed by atoms with E-state index in [0.717, 1.165) is 36.8 Å². The first-order chi connectivity index (χ1) is 18.9. The lowest BCUT2D eigenvalue weighted by Gasteiger charge is -2.30. The molecule has 0 radical (unpaired) electrons. The number of hydrogen-bond acceptors (Lipinski definition) is 2. The van der Waals surface area contributed by atoms with Crippen molar-refractivity contribution in [1.29, 1.82) is 0 Å². The maximum Gasteiger partial charge on any atom is 0.254 e. The van der Waals surface area contributed by atoms with E-state index >= 15 is 0 Å². The quantitative estimate of drug-likeness (QED) is 0.219. The second kappa shape index (κ2) is 13.3. The number of fused-ring (bicyclic) bond motifs is 1. The summed E-state index contributed by atoms with van der Waals surface area (Å²) >= 11 is 0. The molecule has 1 heterocycles. The topological polar surface area (TPSA) is 56.4 Å². The van der Waals surface area contributed by atoms with Gasteiger partial charge in [-0.05, 0) is 74.9 Å². The molecule has 0 aliphatic rings. The van der Waals surface area contributed by atoms with Crippen LogP contribution in [0.2, 0.25) is 0 Å². The zero-order valence-corrected chi connectivity index (χ0v) is 23.7. The van der Waals surface area contributed by atoms with Crippen LogP contribution in [0.5, 0.6) is 0 Å². The number of aromatic amines is 1. The minimum absolute atomic E-state index is 0.0444. The molecule has 0 unspecified atom stereocenters. The van der Waals surface area contributed by atoms with Crippen molar-refractivity contribution in [1.82, 2.24) is 14.8 Å². The smallest absolute Gasteiger partial charge is 0.254 e. The van der Waals surface area contributed by atoms with Gasteiger partial charge in [0.15, 0.2) is 0 Å². The predicted octanol–water partition coefficient (Wildman–Crippen LogP) is 6.94. The Hall–Kier alpha value is -3.86. The molecule has 0 fully saturated rings. The molecule has 0 spiro atoms. The standard InChI is InChI=1S/C34H41N3O2/c1-5-6-9-27-16-18-29(19-17-27)34(39)37(25(2)3)24-33(38)36(23-28-14-12-26(4)13-15-28)21-20-30-22-35-32-11-8-7-10-31(30)32/h7-8,10-19,22,25,35H,5-6,9,20-21,23-24H2,1-4H3. The number of aromatic nitrogens is 1. The minimum Gasteiger partial charge on any atom is -0.361 e. The van der Waals surface area contributed by atoms with Crippen LogP contribution in [0, 0.1) is 6.92 Å². The molecule has 0 bridgehead atoms. The third-order valence-corrected chi connectivity index (χ3v) is 7.38. The lowest BCUT2D eigenvalue weighted by Crippen LogP contribution is -2.46. The number of para-hydroxylation sites is 1. The number of unbranched alkanes of at least 4 members (excludes halogenated alkanes) is 1. The molecule has 0 aliphatic carbocycles. The lowest BCUT2D eigenvalue weighted by molar-refractivity contribution is -0.132. The maximum absolute atomic E-state index is 13.8. The highest BCUT2D eigenvalue weighted by atomic mass is 16.2. The summed E-state index contributed by atoms with van der Waals surface area (Å²) in [6, 6.07) is 24.3. The van der Waals surface area contributed by atoms with Gasteiger partial charge in [0.2, 0.25) is 5.91 Å². The van der Waals surface area contributed by atoms with Crippen LogP contribution in [0.4, 0.5) is 0 Å². The summed E-state index contributed by atoms with van der Waals surface area (Å²) < 4.78 is 0. The first-order valence-electron chi connectivity index (χ1n) is 14.1. The summed E-state index contributed by atoms with van der Waals surface area (Å²) in [5, 5.41) is 1.18. The summed E-state index contributed by atoms with van der Waals surface area (Å²) in [4.78, 5) is 34.2. The van der Waals surface area contributed by atoms with Crippen LogP contribution in [0.25, 0.3) is 10.9 Å². The fraction of sp³-hybridized carbons (Fsp3) is 0.353. The number of carbonyl (C=O) groups excluding carboxylic acids is 2. The zero-order valence-electron chi connectivity index (χ0n) is 23.7. The van der Waals surface area contributed by atoms with Crippen molar-refractivity contribution in [2.75, 3.05) is 13.1 Å². The van der Waals surface area contributed by atoms with Crippen molar-refractivity contribution in [2.24, 2.45) is 0 Å². The fourth-order valence-corrected chi connectivity index (χ4v) is 4.89. The number of benzene rings is 3. The summed E-state index contributed by atoms with van der Waals surface area (Å²) in [6.07, 6.45) is 6.06. The molecule has 2 amide bonds. The van der Waals surface area contributed by atoms with Crippen LogP contribution in [0.15, 0.2) is 79.0 Å². The van der Waals surface area contributed by atoms with Gasteiger partial charge in [0.25, 0.3) is 5.91 Å². The van der Waals surface area contributed by atoms with E-state index in [1.165, 1.54) is 22.1 Å². The van der Waals surface area contributed by atoms with Crippen LogP contribution in [-0.4, -0.2) is 45.7 Å². The van der Waals surface area contributed by atoms with Crippen molar-refractivity contribution in [3.63, 3.8) is 0 Å². The first kappa shape index (κ1) is 28.2. The zero-order chi connectivity index (χ0) is 27.8. The van der Waals surface area contributed by atoms with Crippen LogP contribution in [0.1, 0.15) is 66.2 Å². The number of carbonyl (C=O) groups is 2. The van der Waals surface area contributed by atoms with Crippen molar-refractivity contribution >= 4 is 22.7 Å². The van der Waals surface area contributed by atoms with Crippen molar-refractivity contribution in [2.45, 2.75) is 66.0 Å². The van der Waals surface area contributed by atoms with Crippen LogP contribution in [-0.2, 0) is 24.2 Å². The monoisotopic (exact) mass is 523 g/mol. The SMILES string of the molecule is CCCCc1ccc(C(=O)N(CC(=O)N(CCc2c[nH]c3ccccc23)Cc2ccc(C)cc2)C(C)C)cc1. The van der Waals surface area contributed by atoms with Gasteiger partial charge in [-0.15, -0.1) is 0 Å². The average Bonchev–Trinajstić information content (AvgIpc) is 3.36. The Morgan fingerprint density at radius 3 is 2.26 bits per heavy atom. The number of rotatable bonds is 12. The molecule has 0 saturated heterocycles. The molecule has 1 N–H and O–H groups in total. The van der Waals surface area contributed by atoms with E-state index < -0.39 is 0 Å². The number of aryl methyl sites for hydroxylation is 2. The molecule has 5 heteroatoms. The normalized spacial score (nSPS) is 11.2. The van der Waals surface area contributed by atoms with Gasteiger partial charge in [-0.1, -0.05) is 73.5 Å². The lowest BCUT2D eigenvalue weighted by atomic mass is 10.1. The Balaban J connectivity index is 1.51. The predicted molar refractivity (Wildman–Crippen MR) is 160 cm³/mol. The van der Waals surface area contributed by atoms with E-state index in [-0.39, 0.29) is 24.4 Å². The Morgan fingerprint density at radius 2 is 1.56 bits per heavy atom. The maximum atomic E-state index is 13.8. The van der Waals surface area contributed by atoms with Gasteiger partial charge in [-0.2, -0.15) is 0 Å². The molecule has 3 aromatic carbocycles. The highest BCUT2D eigenvalue weighted by Crippen LogP contribution is 2.20. The van der Waals surface area contributed by atoms with Crippen molar-refractivity contribution in [3.05, 3.63) is 107 Å². The molecular formula is C34H41N3O2. The second-order valence-electron chi connectivity index (χ2n) is 10.7. The largest absolute Gasteiger partial charge is 0.361 e. The van der Waals surface area contributed by atoms with Crippen molar-refractivity contribution in [3.8, 4) is 0 Å². The Morgan fingerprint density at radius 1 is 0.872 bits per heavy atom. The van der Waals surface area contributed by atoms with E-state index in [4.69, 9.17) is 0 Å². The van der Waals surface area contributed by atoms with E-state index in [2.05, 4.69) is 55.2 Å². The number of amides is 2. The van der Waals surface area contributed by atoms with Crippen LogP contribution in [0.3, 0.4) is 0 Å². The molecule has 0 atom stereocenters. The van der Waals surface area contributed by atoms with E-state index in [0.29, 0.717) is 18.7 Å². The summed E-state index contributed by atoms with van der Waals surface area (Å²) in [5.74, 6) is -0.149. The van der Waals surface area contributed by atoms with Crippen LogP contribution >= 0.6 is 0 Å². The van der Waals surface area contributed by atoms with Gasteiger partial charge in [0.05, 0.1) is 0 Å². The molecule has 39 heavy (non-hydrogen) atoms. The number of hydrogen-bond donors (Lipinski definition) is 1. The van der Waals surface area contributed by atoms with E-state index in [1.54, 1.807) is 4.90 Å². The van der Waals surface area contributed by atoms with Crippen LogP contribution < -0.4 is 0 Å². The first-order valence-corrected chi connectivity index (χ1v) is 14.1. The highest BCUT2D eigenvalue weighted by Gasteiger charge is 2.25.